The third-order valence-electron chi connectivity index (χ3n) is 3.40. The van der Waals surface area contributed by atoms with Crippen molar-refractivity contribution in [3.8, 4) is 5.75 Å². The van der Waals surface area contributed by atoms with E-state index in [1.807, 2.05) is 43.1 Å². The van der Waals surface area contributed by atoms with Crippen molar-refractivity contribution in [1.29, 1.82) is 0 Å². The van der Waals surface area contributed by atoms with Crippen molar-refractivity contribution in [3.63, 3.8) is 0 Å². The predicted octanol–water partition coefficient (Wildman–Crippen LogP) is 2.24. The number of hydrogen-bond donors (Lipinski definition) is 1. The summed E-state index contributed by atoms with van der Waals surface area (Å²) in [6.45, 7) is 4.39. The largest absolute Gasteiger partial charge is 0.497 e. The Hall–Kier alpha value is -1.55. The van der Waals surface area contributed by atoms with Gasteiger partial charge in [0.25, 0.3) is 0 Å². The Labute approximate surface area is 108 Å². The van der Waals surface area contributed by atoms with Crippen LogP contribution in [0, 0.1) is 5.92 Å². The molecule has 100 valence electrons. The van der Waals surface area contributed by atoms with Gasteiger partial charge in [-0.1, -0.05) is 19.1 Å². The molecule has 0 bridgehead atoms. The van der Waals surface area contributed by atoms with E-state index >= 15 is 0 Å². The summed E-state index contributed by atoms with van der Waals surface area (Å²) in [6.07, 6.45) is 0. The number of carboxylic acid groups (broad SMARTS) is 1. The molecule has 1 rings (SSSR count). The second-order valence-electron chi connectivity index (χ2n) is 4.63. The lowest BCUT2D eigenvalue weighted by molar-refractivity contribution is -0.143. The highest BCUT2D eigenvalue weighted by molar-refractivity contribution is 5.70. The van der Waals surface area contributed by atoms with Crippen LogP contribution in [0.5, 0.6) is 5.75 Å². The van der Waals surface area contributed by atoms with E-state index in [1.54, 1.807) is 14.0 Å². The van der Waals surface area contributed by atoms with E-state index in [-0.39, 0.29) is 12.0 Å². The molecule has 0 radical (unpaired) electrons. The minimum absolute atomic E-state index is 0.00963. The third-order valence-corrected chi connectivity index (χ3v) is 3.40. The topological polar surface area (TPSA) is 49.8 Å². The second-order valence-corrected chi connectivity index (χ2v) is 4.63. The Kier molecular flexibility index (Phi) is 5.16. The Morgan fingerprint density at radius 3 is 2.33 bits per heavy atom. The first-order valence-corrected chi connectivity index (χ1v) is 6.01. The molecule has 0 amide bonds. The molecule has 1 unspecified atom stereocenters. The Bertz CT molecular complexity index is 389. The minimum Gasteiger partial charge on any atom is -0.497 e. The van der Waals surface area contributed by atoms with E-state index in [4.69, 9.17) is 9.84 Å². The lowest BCUT2D eigenvalue weighted by Crippen LogP contribution is -2.37. The van der Waals surface area contributed by atoms with Crippen LogP contribution in [0.2, 0.25) is 0 Å². The summed E-state index contributed by atoms with van der Waals surface area (Å²) >= 11 is 0. The summed E-state index contributed by atoms with van der Waals surface area (Å²) in [7, 11) is 3.58. The molecule has 0 aliphatic rings. The summed E-state index contributed by atoms with van der Waals surface area (Å²) < 4.78 is 5.10. The molecule has 0 aliphatic carbocycles. The van der Waals surface area contributed by atoms with Gasteiger partial charge in [0, 0.05) is 12.6 Å². The number of aliphatic carboxylic acids is 1. The minimum atomic E-state index is -0.760. The van der Waals surface area contributed by atoms with E-state index in [0.717, 1.165) is 17.9 Å². The van der Waals surface area contributed by atoms with Crippen molar-refractivity contribution >= 4 is 5.97 Å². The van der Waals surface area contributed by atoms with Crippen LogP contribution in [0.3, 0.4) is 0 Å². The van der Waals surface area contributed by atoms with Crippen LogP contribution in [0.15, 0.2) is 24.3 Å². The zero-order chi connectivity index (χ0) is 13.7. The van der Waals surface area contributed by atoms with Crippen LogP contribution < -0.4 is 4.74 Å². The molecule has 2 atom stereocenters. The van der Waals surface area contributed by atoms with Crippen molar-refractivity contribution in [1.82, 2.24) is 4.90 Å². The number of nitrogens with zero attached hydrogens (tertiary/aromatic N) is 1. The summed E-state index contributed by atoms with van der Waals surface area (Å²) in [5.41, 5.74) is 1.14. The van der Waals surface area contributed by atoms with Crippen LogP contribution in [-0.4, -0.2) is 36.2 Å². The van der Waals surface area contributed by atoms with E-state index < -0.39 is 5.97 Å². The molecule has 0 spiro atoms. The average molecular weight is 251 g/mol. The fourth-order valence-electron chi connectivity index (χ4n) is 1.75. The maximum atomic E-state index is 10.9. The summed E-state index contributed by atoms with van der Waals surface area (Å²) in [4.78, 5) is 13.0. The molecule has 1 N–H and O–H groups in total. The van der Waals surface area contributed by atoms with E-state index in [9.17, 15) is 4.79 Å². The van der Waals surface area contributed by atoms with Crippen molar-refractivity contribution in [2.45, 2.75) is 26.4 Å². The Morgan fingerprint density at radius 2 is 1.89 bits per heavy atom. The molecule has 1 aromatic carbocycles. The molecule has 1 aromatic rings. The maximum absolute atomic E-state index is 10.9. The molecule has 18 heavy (non-hydrogen) atoms. The third kappa shape index (κ3) is 3.74. The SMILES string of the molecule is COc1ccc(CN(C)[C@H](C)C(C)C(=O)O)cc1. The molecule has 4 nitrogen and oxygen atoms in total. The van der Waals surface area contributed by atoms with Crippen molar-refractivity contribution in [3.05, 3.63) is 29.8 Å². The lowest BCUT2D eigenvalue weighted by Gasteiger charge is -2.27. The van der Waals surface area contributed by atoms with Crippen molar-refractivity contribution < 1.29 is 14.6 Å². The van der Waals surface area contributed by atoms with Gasteiger partial charge < -0.3 is 9.84 Å². The van der Waals surface area contributed by atoms with Crippen LogP contribution in [-0.2, 0) is 11.3 Å². The zero-order valence-corrected chi connectivity index (χ0v) is 11.4. The highest BCUT2D eigenvalue weighted by Crippen LogP contribution is 2.16. The number of methoxy groups -OCH3 is 1. The number of benzene rings is 1. The van der Waals surface area contributed by atoms with Gasteiger partial charge in [0.2, 0.25) is 0 Å². The fourth-order valence-corrected chi connectivity index (χ4v) is 1.75. The molecule has 0 heterocycles. The van der Waals surface area contributed by atoms with E-state index in [0.29, 0.717) is 0 Å². The lowest BCUT2D eigenvalue weighted by atomic mass is 10.0. The Morgan fingerprint density at radius 1 is 1.33 bits per heavy atom. The summed E-state index contributed by atoms with van der Waals surface area (Å²) in [5, 5.41) is 8.99. The van der Waals surface area contributed by atoms with Gasteiger partial charge in [0.15, 0.2) is 0 Å². The standard InChI is InChI=1S/C14H21NO3/c1-10(14(16)17)11(2)15(3)9-12-5-7-13(18-4)8-6-12/h5-8,10-11H,9H2,1-4H3,(H,16,17)/t10?,11-/m1/s1. The Balaban J connectivity index is 2.62. The van der Waals surface area contributed by atoms with E-state index in [2.05, 4.69) is 0 Å². The van der Waals surface area contributed by atoms with Gasteiger partial charge in [-0.15, -0.1) is 0 Å². The number of rotatable bonds is 6. The van der Waals surface area contributed by atoms with Crippen molar-refractivity contribution in [2.75, 3.05) is 14.2 Å². The van der Waals surface area contributed by atoms with Crippen LogP contribution in [0.25, 0.3) is 0 Å². The molecular formula is C14H21NO3. The molecule has 0 saturated carbocycles. The van der Waals surface area contributed by atoms with Gasteiger partial charge in [-0.25, -0.2) is 0 Å². The zero-order valence-electron chi connectivity index (χ0n) is 11.4. The van der Waals surface area contributed by atoms with Crippen LogP contribution >= 0.6 is 0 Å². The number of hydrogen-bond acceptors (Lipinski definition) is 3. The normalized spacial score (nSPS) is 14.3. The predicted molar refractivity (Wildman–Crippen MR) is 70.7 cm³/mol. The first kappa shape index (κ1) is 14.5. The molecule has 4 heteroatoms. The second kappa shape index (κ2) is 6.40. The van der Waals surface area contributed by atoms with Gasteiger partial charge in [0.05, 0.1) is 13.0 Å². The summed E-state index contributed by atoms with van der Waals surface area (Å²) in [6, 6.07) is 7.80. The van der Waals surface area contributed by atoms with Crippen LogP contribution in [0.1, 0.15) is 19.4 Å². The smallest absolute Gasteiger partial charge is 0.307 e. The van der Waals surface area contributed by atoms with Gasteiger partial charge >= 0.3 is 5.97 Å². The number of carbonyl (C=O) groups is 1. The molecule has 0 saturated heterocycles. The van der Waals surface area contributed by atoms with Gasteiger partial charge in [0.1, 0.15) is 5.75 Å². The van der Waals surface area contributed by atoms with Gasteiger partial charge in [-0.3, -0.25) is 9.69 Å². The van der Waals surface area contributed by atoms with Gasteiger partial charge in [-0.05, 0) is 31.7 Å². The number of carboxylic acids is 1. The first-order chi connectivity index (χ1) is 8.45. The van der Waals surface area contributed by atoms with Crippen molar-refractivity contribution in [2.24, 2.45) is 5.92 Å². The number of ether oxygens (including phenoxy) is 1. The molecule has 0 fully saturated rings. The molecule has 0 aromatic heterocycles. The quantitative estimate of drug-likeness (QED) is 0.842. The fraction of sp³-hybridized carbons (Fsp3) is 0.500. The van der Waals surface area contributed by atoms with E-state index in [1.165, 1.54) is 0 Å². The van der Waals surface area contributed by atoms with Crippen LogP contribution in [0.4, 0.5) is 0 Å². The van der Waals surface area contributed by atoms with Gasteiger partial charge in [-0.2, -0.15) is 0 Å². The first-order valence-electron chi connectivity index (χ1n) is 6.01. The highest BCUT2D eigenvalue weighted by atomic mass is 16.5. The average Bonchev–Trinajstić information content (AvgIpc) is 2.37. The highest BCUT2D eigenvalue weighted by Gasteiger charge is 2.22. The summed E-state index contributed by atoms with van der Waals surface area (Å²) in [5.74, 6) is -0.314. The molecule has 0 aliphatic heterocycles. The molecular weight excluding hydrogens is 230 g/mol. The monoisotopic (exact) mass is 251 g/mol. The maximum Gasteiger partial charge on any atom is 0.307 e.